The summed E-state index contributed by atoms with van der Waals surface area (Å²) in [7, 11) is 0. The Kier molecular flexibility index (Phi) is 9.78. The molecule has 11 nitrogen and oxygen atoms in total. The number of carboxylic acid groups (broad SMARTS) is 1. The van der Waals surface area contributed by atoms with Gasteiger partial charge in [0.1, 0.15) is 25.2 Å². The second-order valence-corrected chi connectivity index (χ2v) is 9.42. The molecule has 3 N–H and O–H groups in total. The number of halogens is 2. The number of rotatable bonds is 10. The van der Waals surface area contributed by atoms with E-state index in [4.69, 9.17) is 42.1 Å². The molecule has 2 aromatic carbocycles. The van der Waals surface area contributed by atoms with Gasteiger partial charge in [-0.2, -0.15) is 0 Å². The maximum absolute atomic E-state index is 12.9. The molecule has 2 heterocycles. The third-order valence-corrected chi connectivity index (χ3v) is 6.70. The van der Waals surface area contributed by atoms with E-state index in [0.29, 0.717) is 53.2 Å². The first kappa shape index (κ1) is 28.1. The Labute approximate surface area is 228 Å². The third kappa shape index (κ3) is 7.34. The number of nitrogens with one attached hydrogen (secondary N) is 2. The lowest BCUT2D eigenvalue weighted by molar-refractivity contribution is -0.145. The average molecular weight is 568 g/mol. The lowest BCUT2D eigenvalue weighted by Gasteiger charge is -2.28. The normalized spacial score (nSPS) is 20.5. The Morgan fingerprint density at radius 3 is 2.26 bits per heavy atom. The number of morpholine rings is 1. The van der Waals surface area contributed by atoms with Crippen molar-refractivity contribution in [2.45, 2.75) is 31.3 Å². The molecule has 13 heteroatoms. The molecule has 2 aliphatic rings. The van der Waals surface area contributed by atoms with Crippen LogP contribution in [0, 0.1) is 0 Å². The van der Waals surface area contributed by atoms with Gasteiger partial charge in [-0.1, -0.05) is 41.4 Å². The summed E-state index contributed by atoms with van der Waals surface area (Å²) in [6.45, 7) is 1.82. The fraction of sp³-hybridized carbons (Fsp3) is 0.400. The second kappa shape index (κ2) is 13.2. The van der Waals surface area contributed by atoms with E-state index in [-0.39, 0.29) is 19.8 Å². The zero-order chi connectivity index (χ0) is 27.1. The van der Waals surface area contributed by atoms with Crippen LogP contribution in [0.25, 0.3) is 0 Å². The quantitative estimate of drug-likeness (QED) is 0.392. The summed E-state index contributed by atoms with van der Waals surface area (Å²) in [6.07, 6.45) is -2.50. The Balaban J connectivity index is 1.32. The van der Waals surface area contributed by atoms with Gasteiger partial charge >= 0.3 is 5.97 Å². The van der Waals surface area contributed by atoms with Gasteiger partial charge in [0.25, 0.3) is 11.8 Å². The van der Waals surface area contributed by atoms with Crippen LogP contribution < -0.4 is 15.5 Å². The van der Waals surface area contributed by atoms with Gasteiger partial charge < -0.3 is 29.4 Å². The highest BCUT2D eigenvalue weighted by atomic mass is 35.5. The lowest BCUT2D eigenvalue weighted by atomic mass is 10.0. The van der Waals surface area contributed by atoms with Crippen LogP contribution in [0.2, 0.25) is 10.0 Å². The number of aliphatic carboxylic acids is 1. The number of nitrogens with zero attached hydrogens (tertiary/aromatic N) is 1. The molecular weight excluding hydrogens is 541 g/mol. The molecule has 2 aliphatic heterocycles. The van der Waals surface area contributed by atoms with Gasteiger partial charge in [-0.25, -0.2) is 9.80 Å². The van der Waals surface area contributed by atoms with Gasteiger partial charge in [0, 0.05) is 35.1 Å². The van der Waals surface area contributed by atoms with Crippen LogP contribution in [0.15, 0.2) is 42.5 Å². The third-order valence-electron chi connectivity index (χ3n) is 5.99. The molecule has 2 saturated heterocycles. The average Bonchev–Trinajstić information content (AvgIpc) is 3.40. The van der Waals surface area contributed by atoms with Crippen molar-refractivity contribution in [3.05, 3.63) is 63.6 Å². The molecule has 204 valence electrons. The molecular formula is C25H27Cl2N3O8. The molecule has 2 amide bonds. The summed E-state index contributed by atoms with van der Waals surface area (Å²) in [5.74, 6) is -2.01. The first-order valence-electron chi connectivity index (χ1n) is 11.9. The van der Waals surface area contributed by atoms with Crippen molar-refractivity contribution in [2.24, 2.45) is 0 Å². The van der Waals surface area contributed by atoms with Crippen LogP contribution in [-0.4, -0.2) is 79.2 Å². The number of amides is 2. The van der Waals surface area contributed by atoms with Gasteiger partial charge in [-0.05, 0) is 29.8 Å². The Morgan fingerprint density at radius 2 is 1.63 bits per heavy atom. The number of benzene rings is 2. The topological polar surface area (TPSA) is 136 Å². The zero-order valence-corrected chi connectivity index (χ0v) is 21.7. The molecule has 2 fully saturated rings. The van der Waals surface area contributed by atoms with Gasteiger partial charge in [0.2, 0.25) is 0 Å². The van der Waals surface area contributed by atoms with Crippen LogP contribution >= 0.6 is 23.2 Å². The smallest absolute Gasteiger partial charge is 0.326 e. The van der Waals surface area contributed by atoms with Crippen molar-refractivity contribution >= 4 is 41.0 Å². The van der Waals surface area contributed by atoms with Crippen molar-refractivity contribution < 1.29 is 38.4 Å². The van der Waals surface area contributed by atoms with Crippen molar-refractivity contribution in [1.82, 2.24) is 15.8 Å². The maximum Gasteiger partial charge on any atom is 0.326 e. The zero-order valence-electron chi connectivity index (χ0n) is 20.2. The summed E-state index contributed by atoms with van der Waals surface area (Å²) in [5.41, 5.74) is 3.98. The van der Waals surface area contributed by atoms with Gasteiger partial charge in [-0.15, -0.1) is 0 Å². The van der Waals surface area contributed by atoms with E-state index < -0.39 is 36.0 Å². The molecule has 0 spiro atoms. The predicted octanol–water partition coefficient (Wildman–Crippen LogP) is 1.79. The van der Waals surface area contributed by atoms with Crippen molar-refractivity contribution in [3.8, 4) is 5.75 Å². The van der Waals surface area contributed by atoms with Gasteiger partial charge in [0.05, 0.1) is 13.2 Å². The minimum Gasteiger partial charge on any atom is -0.489 e. The SMILES string of the molecule is O=C(O)C(Cc1ccc(OCc2c(Cl)cccc2Cl)cc1)NC(=O)[C@@H]1OCO[C@H]1C(=O)NN1CCOCC1. The standard InChI is InChI=1S/C25H27Cl2N3O8/c26-18-2-1-3-19(27)17(18)13-36-16-6-4-15(5-7-16)12-20(25(33)34)28-23(31)21-22(38-14-37-21)24(32)29-30-8-10-35-11-9-30/h1-7,20-22H,8-14H2,(H,28,31)(H,29,32)(H,33,34)/t20?,21-,22-/m1/s1. The highest BCUT2D eigenvalue weighted by Crippen LogP contribution is 2.26. The van der Waals surface area contributed by atoms with Crippen LogP contribution in [0.4, 0.5) is 0 Å². The monoisotopic (exact) mass is 567 g/mol. The fourth-order valence-corrected chi connectivity index (χ4v) is 4.43. The number of carbonyl (C=O) groups excluding carboxylic acids is 2. The summed E-state index contributed by atoms with van der Waals surface area (Å²) in [6, 6.07) is 10.7. The van der Waals surface area contributed by atoms with E-state index in [0.717, 1.165) is 0 Å². The van der Waals surface area contributed by atoms with E-state index >= 15 is 0 Å². The number of ether oxygens (including phenoxy) is 4. The van der Waals surface area contributed by atoms with Gasteiger partial charge in [-0.3, -0.25) is 15.0 Å². The van der Waals surface area contributed by atoms with Crippen molar-refractivity contribution in [1.29, 1.82) is 0 Å². The minimum atomic E-state index is -1.29. The summed E-state index contributed by atoms with van der Waals surface area (Å²) < 4.78 is 21.6. The van der Waals surface area contributed by atoms with Crippen LogP contribution in [0.1, 0.15) is 11.1 Å². The highest BCUT2D eigenvalue weighted by Gasteiger charge is 2.42. The number of carbonyl (C=O) groups is 3. The minimum absolute atomic E-state index is 0.00405. The molecule has 38 heavy (non-hydrogen) atoms. The van der Waals surface area contributed by atoms with E-state index in [1.165, 1.54) is 0 Å². The molecule has 0 aromatic heterocycles. The Hall–Kier alpha value is -2.93. The van der Waals surface area contributed by atoms with E-state index in [1.54, 1.807) is 47.5 Å². The lowest BCUT2D eigenvalue weighted by Crippen LogP contribution is -2.56. The van der Waals surface area contributed by atoms with Crippen LogP contribution in [-0.2, 0) is 41.6 Å². The number of hydrazine groups is 1. The molecule has 0 bridgehead atoms. The van der Waals surface area contributed by atoms with Crippen molar-refractivity contribution in [2.75, 3.05) is 33.1 Å². The maximum atomic E-state index is 12.9. The molecule has 0 aliphatic carbocycles. The Bertz CT molecular complexity index is 1120. The first-order valence-corrected chi connectivity index (χ1v) is 12.6. The number of hydrogen-bond acceptors (Lipinski definition) is 8. The molecule has 1 unspecified atom stereocenters. The van der Waals surface area contributed by atoms with E-state index in [9.17, 15) is 19.5 Å². The van der Waals surface area contributed by atoms with Gasteiger partial charge in [0.15, 0.2) is 12.2 Å². The molecule has 3 atom stereocenters. The molecule has 2 aromatic rings. The highest BCUT2D eigenvalue weighted by molar-refractivity contribution is 6.35. The fourth-order valence-electron chi connectivity index (χ4n) is 3.92. The first-order chi connectivity index (χ1) is 18.3. The summed E-state index contributed by atoms with van der Waals surface area (Å²) in [4.78, 5) is 37.4. The van der Waals surface area contributed by atoms with E-state index in [1.807, 2.05) is 0 Å². The largest absolute Gasteiger partial charge is 0.489 e. The predicted molar refractivity (Wildman–Crippen MR) is 136 cm³/mol. The van der Waals surface area contributed by atoms with Crippen LogP contribution in [0.3, 0.4) is 0 Å². The molecule has 4 rings (SSSR count). The van der Waals surface area contributed by atoms with E-state index in [2.05, 4.69) is 10.7 Å². The van der Waals surface area contributed by atoms with Crippen molar-refractivity contribution in [3.63, 3.8) is 0 Å². The Morgan fingerprint density at radius 1 is 1.00 bits per heavy atom. The summed E-state index contributed by atoms with van der Waals surface area (Å²) >= 11 is 12.3. The number of carboxylic acids is 1. The number of hydrogen-bond donors (Lipinski definition) is 3. The second-order valence-electron chi connectivity index (χ2n) is 8.60. The van der Waals surface area contributed by atoms with Crippen LogP contribution in [0.5, 0.6) is 5.75 Å². The molecule has 0 radical (unpaired) electrons. The summed E-state index contributed by atoms with van der Waals surface area (Å²) in [5, 5.41) is 14.8. The molecule has 0 saturated carbocycles.